The Morgan fingerprint density at radius 2 is 1.81 bits per heavy atom. The Kier molecular flexibility index (Phi) is 5.45. The third-order valence-electron chi connectivity index (χ3n) is 4.23. The van der Waals surface area contributed by atoms with Gasteiger partial charge in [-0.25, -0.2) is 9.07 Å². The molecule has 2 aromatic carbocycles. The Balaban J connectivity index is 1.74. The first kappa shape index (κ1) is 18.5. The van der Waals surface area contributed by atoms with Crippen LogP contribution in [-0.2, 0) is 17.9 Å². The van der Waals surface area contributed by atoms with E-state index in [1.165, 1.54) is 18.2 Å². The predicted molar refractivity (Wildman–Crippen MR) is 102 cm³/mol. The van der Waals surface area contributed by atoms with Crippen molar-refractivity contribution < 1.29 is 9.18 Å². The van der Waals surface area contributed by atoms with Gasteiger partial charge in [-0.2, -0.15) is 5.10 Å². The van der Waals surface area contributed by atoms with Gasteiger partial charge >= 0.3 is 0 Å². The quantitative estimate of drug-likeness (QED) is 0.756. The van der Waals surface area contributed by atoms with Crippen molar-refractivity contribution in [1.29, 1.82) is 0 Å². The van der Waals surface area contributed by atoms with Crippen LogP contribution in [0, 0.1) is 19.7 Å². The highest BCUT2D eigenvalue weighted by molar-refractivity contribution is 5.75. The molecule has 0 saturated carbocycles. The lowest BCUT2D eigenvalue weighted by Crippen LogP contribution is -2.33. The molecular weight excluding hydrogens is 345 g/mol. The zero-order valence-electron chi connectivity index (χ0n) is 15.2. The number of aryl methyl sites for hydroxylation is 2. The van der Waals surface area contributed by atoms with Crippen molar-refractivity contribution in [1.82, 2.24) is 15.1 Å². The van der Waals surface area contributed by atoms with Gasteiger partial charge in [0.15, 0.2) is 0 Å². The average molecular weight is 365 g/mol. The number of nitrogens with one attached hydrogen (secondary N) is 1. The molecule has 1 aromatic heterocycles. The first-order valence-electron chi connectivity index (χ1n) is 8.59. The molecule has 6 heteroatoms. The number of hydrogen-bond donors (Lipinski definition) is 1. The van der Waals surface area contributed by atoms with Gasteiger partial charge in [0.05, 0.1) is 5.69 Å². The summed E-state index contributed by atoms with van der Waals surface area (Å²) in [6.07, 6.45) is 0. The zero-order valence-corrected chi connectivity index (χ0v) is 15.2. The Bertz CT molecular complexity index is 1030. The van der Waals surface area contributed by atoms with Crippen LogP contribution in [-0.4, -0.2) is 15.7 Å². The van der Waals surface area contributed by atoms with Crippen LogP contribution in [0.4, 0.5) is 4.39 Å². The number of benzene rings is 2. The van der Waals surface area contributed by atoms with E-state index in [0.717, 1.165) is 26.9 Å². The largest absolute Gasteiger partial charge is 0.350 e. The lowest BCUT2D eigenvalue weighted by Gasteiger charge is -2.10. The standard InChI is InChI=1S/C21H20FN3O2/c1-14-3-4-15(2)18(11-14)19-9-10-21(27)25(24-19)13-20(26)23-12-16-5-7-17(22)8-6-16/h3-11H,12-13H2,1-2H3,(H,23,26). The fraction of sp³-hybridized carbons (Fsp3) is 0.190. The second-order valence-electron chi connectivity index (χ2n) is 6.44. The van der Waals surface area contributed by atoms with E-state index in [4.69, 9.17) is 0 Å². The summed E-state index contributed by atoms with van der Waals surface area (Å²) in [5.41, 5.74) is 4.12. The van der Waals surface area contributed by atoms with E-state index in [0.29, 0.717) is 5.69 Å². The SMILES string of the molecule is Cc1ccc(C)c(-c2ccc(=O)n(CC(=O)NCc3ccc(F)cc3)n2)c1. The molecule has 5 nitrogen and oxygen atoms in total. The molecule has 0 aliphatic carbocycles. The summed E-state index contributed by atoms with van der Waals surface area (Å²) in [6.45, 7) is 4.03. The Morgan fingerprint density at radius 3 is 2.56 bits per heavy atom. The van der Waals surface area contributed by atoms with Crippen molar-refractivity contribution >= 4 is 5.91 Å². The van der Waals surface area contributed by atoms with E-state index in [9.17, 15) is 14.0 Å². The molecule has 27 heavy (non-hydrogen) atoms. The minimum Gasteiger partial charge on any atom is -0.350 e. The van der Waals surface area contributed by atoms with Gasteiger partial charge < -0.3 is 5.32 Å². The van der Waals surface area contributed by atoms with E-state index in [1.807, 2.05) is 32.0 Å². The molecule has 0 bridgehead atoms. The molecule has 0 radical (unpaired) electrons. The first-order chi connectivity index (χ1) is 12.9. The predicted octanol–water partition coefficient (Wildman–Crippen LogP) is 2.98. The van der Waals surface area contributed by atoms with Crippen molar-refractivity contribution in [3.8, 4) is 11.3 Å². The summed E-state index contributed by atoms with van der Waals surface area (Å²) in [7, 11) is 0. The highest BCUT2D eigenvalue weighted by Gasteiger charge is 2.10. The molecule has 138 valence electrons. The summed E-state index contributed by atoms with van der Waals surface area (Å²) in [5.74, 6) is -0.670. The maximum absolute atomic E-state index is 12.9. The molecule has 1 amide bonds. The van der Waals surface area contributed by atoms with Gasteiger partial charge in [-0.1, -0.05) is 29.8 Å². The van der Waals surface area contributed by atoms with Gasteiger partial charge in [0.2, 0.25) is 5.91 Å². The van der Waals surface area contributed by atoms with Crippen LogP contribution in [0.5, 0.6) is 0 Å². The minimum atomic E-state index is -0.346. The Morgan fingerprint density at radius 1 is 1.07 bits per heavy atom. The van der Waals surface area contributed by atoms with Gasteiger partial charge in [-0.3, -0.25) is 9.59 Å². The van der Waals surface area contributed by atoms with Crippen LogP contribution in [0.3, 0.4) is 0 Å². The topological polar surface area (TPSA) is 64.0 Å². The van der Waals surface area contributed by atoms with E-state index in [-0.39, 0.29) is 30.4 Å². The maximum atomic E-state index is 12.9. The summed E-state index contributed by atoms with van der Waals surface area (Å²) < 4.78 is 14.1. The highest BCUT2D eigenvalue weighted by Crippen LogP contribution is 2.21. The van der Waals surface area contributed by atoms with Crippen molar-refractivity contribution in [3.05, 3.63) is 87.5 Å². The summed E-state index contributed by atoms with van der Waals surface area (Å²) >= 11 is 0. The number of carbonyl (C=O) groups is 1. The second kappa shape index (κ2) is 7.95. The van der Waals surface area contributed by atoms with Gasteiger partial charge in [0.1, 0.15) is 12.4 Å². The molecule has 0 aliphatic heterocycles. The fourth-order valence-corrected chi connectivity index (χ4v) is 2.71. The van der Waals surface area contributed by atoms with Crippen molar-refractivity contribution in [2.45, 2.75) is 26.9 Å². The maximum Gasteiger partial charge on any atom is 0.267 e. The van der Waals surface area contributed by atoms with Crippen molar-refractivity contribution in [2.24, 2.45) is 0 Å². The molecule has 0 spiro atoms. The molecule has 0 atom stereocenters. The van der Waals surface area contributed by atoms with Gasteiger partial charge in [0.25, 0.3) is 5.56 Å². The molecular formula is C21H20FN3O2. The molecule has 0 saturated heterocycles. The number of aromatic nitrogens is 2. The van der Waals surface area contributed by atoms with Crippen LogP contribution in [0.15, 0.2) is 59.4 Å². The summed E-state index contributed by atoms with van der Waals surface area (Å²) in [6, 6.07) is 15.0. The number of hydrogen-bond acceptors (Lipinski definition) is 3. The molecule has 0 aliphatic rings. The summed E-state index contributed by atoms with van der Waals surface area (Å²) in [5, 5.41) is 7.06. The molecule has 0 unspecified atom stereocenters. The summed E-state index contributed by atoms with van der Waals surface area (Å²) in [4.78, 5) is 24.3. The van der Waals surface area contributed by atoms with Gasteiger partial charge in [0, 0.05) is 18.2 Å². The number of amides is 1. The van der Waals surface area contributed by atoms with Crippen LogP contribution < -0.4 is 10.9 Å². The highest BCUT2D eigenvalue weighted by atomic mass is 19.1. The van der Waals surface area contributed by atoms with Crippen LogP contribution in [0.25, 0.3) is 11.3 Å². The number of halogens is 1. The third kappa shape index (κ3) is 4.67. The Hall–Kier alpha value is -3.28. The normalized spacial score (nSPS) is 10.6. The lowest BCUT2D eigenvalue weighted by atomic mass is 10.0. The zero-order chi connectivity index (χ0) is 19.4. The van der Waals surface area contributed by atoms with E-state index < -0.39 is 0 Å². The molecule has 0 fully saturated rings. The monoisotopic (exact) mass is 365 g/mol. The third-order valence-corrected chi connectivity index (χ3v) is 4.23. The van der Waals surface area contributed by atoms with Gasteiger partial charge in [-0.15, -0.1) is 0 Å². The molecule has 3 aromatic rings. The van der Waals surface area contributed by atoms with E-state index in [1.54, 1.807) is 18.2 Å². The number of nitrogens with zero attached hydrogens (tertiary/aromatic N) is 2. The smallest absolute Gasteiger partial charge is 0.267 e. The number of rotatable bonds is 5. The average Bonchev–Trinajstić information content (AvgIpc) is 2.65. The fourth-order valence-electron chi connectivity index (χ4n) is 2.71. The van der Waals surface area contributed by atoms with Crippen LogP contribution >= 0.6 is 0 Å². The first-order valence-corrected chi connectivity index (χ1v) is 8.59. The minimum absolute atomic E-state index is 0.182. The Labute approximate surface area is 156 Å². The molecule has 3 rings (SSSR count). The van der Waals surface area contributed by atoms with Crippen LogP contribution in [0.2, 0.25) is 0 Å². The molecule has 1 N–H and O–H groups in total. The van der Waals surface area contributed by atoms with Crippen molar-refractivity contribution in [2.75, 3.05) is 0 Å². The van der Waals surface area contributed by atoms with E-state index >= 15 is 0 Å². The number of carbonyl (C=O) groups excluding carboxylic acids is 1. The molecule has 1 heterocycles. The lowest BCUT2D eigenvalue weighted by molar-refractivity contribution is -0.122. The van der Waals surface area contributed by atoms with E-state index in [2.05, 4.69) is 10.4 Å². The van der Waals surface area contributed by atoms with Crippen molar-refractivity contribution in [3.63, 3.8) is 0 Å². The van der Waals surface area contributed by atoms with Crippen LogP contribution in [0.1, 0.15) is 16.7 Å². The van der Waals surface area contributed by atoms with Gasteiger partial charge in [-0.05, 0) is 49.2 Å². The second-order valence-corrected chi connectivity index (χ2v) is 6.44.